The molecule has 0 saturated heterocycles. The minimum Gasteiger partial charge on any atom is -0.368 e. The number of hydrogen-bond acceptors (Lipinski definition) is 4. The van der Waals surface area contributed by atoms with Crippen LogP contribution in [-0.2, 0) is 22.1 Å². The van der Waals surface area contributed by atoms with E-state index in [-0.39, 0.29) is 5.91 Å². The van der Waals surface area contributed by atoms with Crippen LogP contribution in [0.15, 0.2) is 30.5 Å². The highest BCUT2D eigenvalue weighted by atomic mass is 32.1. The molecule has 1 aromatic carbocycles. The number of thiazole rings is 1. The van der Waals surface area contributed by atoms with Gasteiger partial charge < -0.3 is 4.74 Å². The lowest BCUT2D eigenvalue weighted by atomic mass is 10.1. The van der Waals surface area contributed by atoms with Crippen molar-refractivity contribution in [3.63, 3.8) is 0 Å². The van der Waals surface area contributed by atoms with Crippen molar-refractivity contribution in [3.05, 3.63) is 46.5 Å². The van der Waals surface area contributed by atoms with Crippen molar-refractivity contribution in [2.75, 3.05) is 11.9 Å². The molecular formula is C18H19F3N2O2S. The van der Waals surface area contributed by atoms with E-state index in [1.54, 1.807) is 19.2 Å². The average Bonchev–Trinajstić information content (AvgIpc) is 3.32. The molecule has 1 amide bonds. The summed E-state index contributed by atoms with van der Waals surface area (Å²) < 4.78 is 43.8. The van der Waals surface area contributed by atoms with Crippen LogP contribution in [0.1, 0.15) is 35.8 Å². The summed E-state index contributed by atoms with van der Waals surface area (Å²) in [5.74, 6) is 0.301. The molecule has 1 unspecified atom stereocenters. The van der Waals surface area contributed by atoms with Crippen molar-refractivity contribution in [2.45, 2.75) is 38.5 Å². The average molecular weight is 384 g/mol. The Morgan fingerprint density at radius 1 is 1.42 bits per heavy atom. The van der Waals surface area contributed by atoms with Crippen molar-refractivity contribution in [3.8, 4) is 0 Å². The Labute approximate surface area is 153 Å². The van der Waals surface area contributed by atoms with Gasteiger partial charge in [-0.05, 0) is 37.3 Å². The third kappa shape index (κ3) is 5.28. The van der Waals surface area contributed by atoms with Crippen molar-refractivity contribution >= 4 is 22.4 Å². The lowest BCUT2D eigenvalue weighted by Crippen LogP contribution is -2.28. The van der Waals surface area contributed by atoms with Gasteiger partial charge in [0.15, 0.2) is 5.13 Å². The van der Waals surface area contributed by atoms with E-state index in [9.17, 15) is 18.0 Å². The van der Waals surface area contributed by atoms with Gasteiger partial charge in [-0.15, -0.1) is 11.3 Å². The lowest BCUT2D eigenvalue weighted by Gasteiger charge is -2.11. The number of nitrogens with zero attached hydrogens (tertiary/aromatic N) is 1. The second kappa shape index (κ2) is 7.75. The number of halogens is 3. The number of ether oxygens (including phenoxy) is 1. The van der Waals surface area contributed by atoms with Gasteiger partial charge in [0.05, 0.1) is 12.2 Å². The molecule has 3 rings (SSSR count). The fourth-order valence-corrected chi connectivity index (χ4v) is 3.20. The van der Waals surface area contributed by atoms with Crippen LogP contribution in [0.4, 0.5) is 18.3 Å². The van der Waals surface area contributed by atoms with Crippen LogP contribution in [-0.4, -0.2) is 23.6 Å². The van der Waals surface area contributed by atoms with Gasteiger partial charge in [0.2, 0.25) is 0 Å². The van der Waals surface area contributed by atoms with E-state index in [4.69, 9.17) is 4.74 Å². The first kappa shape index (κ1) is 18.8. The molecule has 0 radical (unpaired) electrons. The van der Waals surface area contributed by atoms with Crippen LogP contribution >= 0.6 is 11.3 Å². The summed E-state index contributed by atoms with van der Waals surface area (Å²) in [4.78, 5) is 17.0. The summed E-state index contributed by atoms with van der Waals surface area (Å²) in [6.07, 6.45) is -0.730. The Balaban J connectivity index is 1.56. The molecule has 1 heterocycles. The van der Waals surface area contributed by atoms with Gasteiger partial charge in [-0.2, -0.15) is 13.2 Å². The van der Waals surface area contributed by atoms with Gasteiger partial charge in [-0.1, -0.05) is 18.2 Å². The van der Waals surface area contributed by atoms with Gasteiger partial charge >= 0.3 is 6.18 Å². The Morgan fingerprint density at radius 3 is 2.88 bits per heavy atom. The minimum absolute atomic E-state index is 0.273. The number of aromatic nitrogens is 1. The van der Waals surface area contributed by atoms with Crippen molar-refractivity contribution < 1.29 is 22.7 Å². The highest BCUT2D eigenvalue weighted by Gasteiger charge is 2.30. The van der Waals surface area contributed by atoms with E-state index >= 15 is 0 Å². The molecule has 1 aliphatic rings. The number of carbonyl (C=O) groups is 1. The summed E-state index contributed by atoms with van der Waals surface area (Å²) in [5.41, 5.74) is -0.128. The number of anilines is 1. The zero-order valence-electron chi connectivity index (χ0n) is 14.2. The molecule has 1 aliphatic carbocycles. The normalized spacial score (nSPS) is 15.7. The van der Waals surface area contributed by atoms with Gasteiger partial charge in [0, 0.05) is 17.5 Å². The SMILES string of the molecule is CC(OCC1CC1)C(=O)Nc1ncc(Cc2cccc(C(F)(F)F)c2)s1. The van der Waals surface area contributed by atoms with Crippen LogP contribution in [0, 0.1) is 5.92 Å². The van der Waals surface area contributed by atoms with Crippen LogP contribution < -0.4 is 5.32 Å². The Morgan fingerprint density at radius 2 is 2.19 bits per heavy atom. The molecule has 2 aromatic rings. The molecule has 0 aliphatic heterocycles. The minimum atomic E-state index is -4.36. The second-order valence-corrected chi connectivity index (χ2v) is 7.53. The van der Waals surface area contributed by atoms with Gasteiger partial charge in [-0.3, -0.25) is 10.1 Å². The lowest BCUT2D eigenvalue weighted by molar-refractivity contribution is -0.137. The molecule has 0 bridgehead atoms. The third-order valence-electron chi connectivity index (χ3n) is 4.06. The first-order valence-corrected chi connectivity index (χ1v) is 9.16. The van der Waals surface area contributed by atoms with Gasteiger partial charge in [-0.25, -0.2) is 4.98 Å². The molecular weight excluding hydrogens is 365 g/mol. The Kier molecular flexibility index (Phi) is 5.62. The number of alkyl halides is 3. The number of rotatable bonds is 7. The maximum Gasteiger partial charge on any atom is 0.416 e. The van der Waals surface area contributed by atoms with Crippen LogP contribution in [0.2, 0.25) is 0 Å². The zero-order chi connectivity index (χ0) is 18.7. The highest BCUT2D eigenvalue weighted by Crippen LogP contribution is 2.31. The molecule has 1 saturated carbocycles. The van der Waals surface area contributed by atoms with Gasteiger partial charge in [0.25, 0.3) is 5.91 Å². The molecule has 8 heteroatoms. The first-order valence-electron chi connectivity index (χ1n) is 8.34. The Hall–Kier alpha value is -1.93. The smallest absolute Gasteiger partial charge is 0.368 e. The van der Waals surface area contributed by atoms with Gasteiger partial charge in [0.1, 0.15) is 6.10 Å². The molecule has 4 nitrogen and oxygen atoms in total. The number of hydrogen-bond donors (Lipinski definition) is 1. The molecule has 140 valence electrons. The molecule has 0 spiro atoms. The van der Waals surface area contributed by atoms with E-state index in [0.717, 1.165) is 29.9 Å². The maximum atomic E-state index is 12.8. The molecule has 1 N–H and O–H groups in total. The van der Waals surface area contributed by atoms with Crippen LogP contribution in [0.25, 0.3) is 0 Å². The van der Waals surface area contributed by atoms with E-state index in [1.807, 2.05) is 0 Å². The van der Waals surface area contributed by atoms with E-state index < -0.39 is 17.8 Å². The second-order valence-electron chi connectivity index (χ2n) is 6.41. The third-order valence-corrected chi connectivity index (χ3v) is 4.98. The summed E-state index contributed by atoms with van der Waals surface area (Å²) in [5, 5.41) is 3.11. The van der Waals surface area contributed by atoms with Crippen molar-refractivity contribution in [1.82, 2.24) is 4.98 Å². The maximum absolute atomic E-state index is 12.8. The standard InChI is InChI=1S/C18H19F3N2O2S/c1-11(25-10-12-5-6-12)16(24)23-17-22-9-15(26-17)8-13-3-2-4-14(7-13)18(19,20)21/h2-4,7,9,11-12H,5-6,8,10H2,1H3,(H,22,23,24). The first-order chi connectivity index (χ1) is 12.3. The fourth-order valence-electron chi connectivity index (χ4n) is 2.35. The fraction of sp³-hybridized carbons (Fsp3) is 0.444. The van der Waals surface area contributed by atoms with Crippen molar-refractivity contribution in [2.24, 2.45) is 5.92 Å². The monoisotopic (exact) mass is 384 g/mol. The van der Waals surface area contributed by atoms with Crippen molar-refractivity contribution in [1.29, 1.82) is 0 Å². The number of benzene rings is 1. The molecule has 1 atom stereocenters. The van der Waals surface area contributed by atoms with E-state index in [2.05, 4.69) is 10.3 Å². The predicted octanol–water partition coefficient (Wildman–Crippen LogP) is 4.51. The predicted molar refractivity (Wildman–Crippen MR) is 93.1 cm³/mol. The number of amides is 1. The molecule has 26 heavy (non-hydrogen) atoms. The highest BCUT2D eigenvalue weighted by molar-refractivity contribution is 7.15. The molecule has 1 aromatic heterocycles. The molecule has 1 fully saturated rings. The summed E-state index contributed by atoms with van der Waals surface area (Å²) in [7, 11) is 0. The summed E-state index contributed by atoms with van der Waals surface area (Å²) >= 11 is 1.24. The number of carbonyl (C=O) groups excluding carboxylic acids is 1. The van der Waals surface area contributed by atoms with Crippen LogP contribution in [0.5, 0.6) is 0 Å². The quantitative estimate of drug-likeness (QED) is 0.764. The zero-order valence-corrected chi connectivity index (χ0v) is 15.0. The largest absolute Gasteiger partial charge is 0.416 e. The Bertz CT molecular complexity index is 772. The topological polar surface area (TPSA) is 51.2 Å². The summed E-state index contributed by atoms with van der Waals surface area (Å²) in [6, 6.07) is 5.21. The van der Waals surface area contributed by atoms with E-state index in [0.29, 0.717) is 29.6 Å². The summed E-state index contributed by atoms with van der Waals surface area (Å²) in [6.45, 7) is 2.28. The van der Waals surface area contributed by atoms with Crippen LogP contribution in [0.3, 0.4) is 0 Å². The number of nitrogens with one attached hydrogen (secondary N) is 1. The van der Waals surface area contributed by atoms with E-state index in [1.165, 1.54) is 17.4 Å².